The quantitative estimate of drug-likeness (QED) is 0.659. The summed E-state index contributed by atoms with van der Waals surface area (Å²) in [6.45, 7) is 0.425. The zero-order valence-corrected chi connectivity index (χ0v) is 9.92. The lowest BCUT2D eigenvalue weighted by Crippen LogP contribution is -2.19. The van der Waals surface area contributed by atoms with Gasteiger partial charge in [0.15, 0.2) is 0 Å². The summed E-state index contributed by atoms with van der Waals surface area (Å²) in [5.41, 5.74) is 0.626. The molecule has 0 unspecified atom stereocenters. The fourth-order valence-corrected chi connectivity index (χ4v) is 1.92. The SMILES string of the molecule is CNC(=O)CCn1ccc2cccc([N+](=O)[O-])c21. The molecule has 1 aromatic carbocycles. The minimum Gasteiger partial charge on any atom is -0.359 e. The number of nitro groups is 1. The number of nitrogens with one attached hydrogen (secondary N) is 1. The van der Waals surface area contributed by atoms with E-state index < -0.39 is 4.92 Å². The molecule has 94 valence electrons. The van der Waals surface area contributed by atoms with Gasteiger partial charge >= 0.3 is 0 Å². The first-order chi connectivity index (χ1) is 8.63. The molecular weight excluding hydrogens is 234 g/mol. The Bertz CT molecular complexity index is 604. The number of rotatable bonds is 4. The second-order valence-corrected chi connectivity index (χ2v) is 3.90. The van der Waals surface area contributed by atoms with E-state index in [9.17, 15) is 14.9 Å². The van der Waals surface area contributed by atoms with E-state index in [1.165, 1.54) is 6.07 Å². The first-order valence-corrected chi connectivity index (χ1v) is 5.56. The normalized spacial score (nSPS) is 10.5. The maximum absolute atomic E-state index is 11.2. The molecular formula is C12H13N3O3. The second kappa shape index (κ2) is 4.87. The highest BCUT2D eigenvalue weighted by atomic mass is 16.6. The third-order valence-corrected chi connectivity index (χ3v) is 2.82. The van der Waals surface area contributed by atoms with E-state index >= 15 is 0 Å². The van der Waals surface area contributed by atoms with E-state index in [2.05, 4.69) is 5.32 Å². The summed E-state index contributed by atoms with van der Waals surface area (Å²) in [5.74, 6) is -0.0876. The van der Waals surface area contributed by atoms with Gasteiger partial charge in [0.2, 0.25) is 5.91 Å². The molecule has 0 spiro atoms. The van der Waals surface area contributed by atoms with Crippen LogP contribution < -0.4 is 5.32 Å². The Morgan fingerprint density at radius 2 is 2.22 bits per heavy atom. The van der Waals surface area contributed by atoms with Gasteiger partial charge < -0.3 is 9.88 Å². The maximum Gasteiger partial charge on any atom is 0.293 e. The summed E-state index contributed by atoms with van der Waals surface area (Å²) < 4.78 is 1.74. The van der Waals surface area contributed by atoms with Crippen molar-refractivity contribution < 1.29 is 9.72 Å². The standard InChI is InChI=1S/C12H13N3O3/c1-13-11(16)6-8-14-7-5-9-3-2-4-10(12(9)14)15(17)18/h2-5,7H,6,8H2,1H3,(H,13,16). The first-order valence-electron chi connectivity index (χ1n) is 5.56. The molecule has 1 aromatic heterocycles. The number of aromatic nitrogens is 1. The van der Waals surface area contributed by atoms with Crippen molar-refractivity contribution in [1.29, 1.82) is 0 Å². The molecule has 0 aliphatic heterocycles. The molecule has 0 aliphatic carbocycles. The number of carbonyl (C=O) groups is 1. The van der Waals surface area contributed by atoms with Crippen molar-refractivity contribution in [1.82, 2.24) is 9.88 Å². The van der Waals surface area contributed by atoms with Crippen molar-refractivity contribution in [3.8, 4) is 0 Å². The molecule has 6 nitrogen and oxygen atoms in total. The molecule has 0 bridgehead atoms. The number of para-hydroxylation sites is 1. The number of hydrogen-bond donors (Lipinski definition) is 1. The van der Waals surface area contributed by atoms with Crippen LogP contribution in [0.3, 0.4) is 0 Å². The van der Waals surface area contributed by atoms with E-state index in [1.54, 1.807) is 23.9 Å². The molecule has 0 saturated carbocycles. The molecule has 1 heterocycles. The van der Waals surface area contributed by atoms with Crippen LogP contribution in [-0.4, -0.2) is 22.4 Å². The zero-order chi connectivity index (χ0) is 13.1. The Kier molecular flexibility index (Phi) is 3.27. The molecule has 1 N–H and O–H groups in total. The molecule has 2 aromatic rings. The van der Waals surface area contributed by atoms with Crippen LogP contribution in [-0.2, 0) is 11.3 Å². The van der Waals surface area contributed by atoms with Crippen LogP contribution >= 0.6 is 0 Å². The fourth-order valence-electron chi connectivity index (χ4n) is 1.92. The number of amides is 1. The average Bonchev–Trinajstić information content (AvgIpc) is 2.78. The fraction of sp³-hybridized carbons (Fsp3) is 0.250. The van der Waals surface area contributed by atoms with Gasteiger partial charge in [0, 0.05) is 37.7 Å². The van der Waals surface area contributed by atoms with Gasteiger partial charge in [0.05, 0.1) is 4.92 Å². The Morgan fingerprint density at radius 3 is 2.89 bits per heavy atom. The van der Waals surface area contributed by atoms with Gasteiger partial charge in [-0.25, -0.2) is 0 Å². The van der Waals surface area contributed by atoms with E-state index in [-0.39, 0.29) is 11.6 Å². The Morgan fingerprint density at radius 1 is 1.44 bits per heavy atom. The summed E-state index contributed by atoms with van der Waals surface area (Å²) in [7, 11) is 1.57. The minimum atomic E-state index is -0.404. The topological polar surface area (TPSA) is 77.2 Å². The van der Waals surface area contributed by atoms with Gasteiger partial charge in [-0.2, -0.15) is 0 Å². The zero-order valence-electron chi connectivity index (χ0n) is 9.92. The van der Waals surface area contributed by atoms with Crippen LogP contribution in [0.25, 0.3) is 10.9 Å². The summed E-state index contributed by atoms with van der Waals surface area (Å²) >= 11 is 0. The molecule has 1 amide bonds. The lowest BCUT2D eigenvalue weighted by molar-refractivity contribution is -0.383. The number of nitro benzene ring substituents is 1. The number of non-ortho nitro benzene ring substituents is 1. The predicted molar refractivity (Wildman–Crippen MR) is 67.3 cm³/mol. The monoisotopic (exact) mass is 247 g/mol. The maximum atomic E-state index is 11.2. The molecule has 6 heteroatoms. The van der Waals surface area contributed by atoms with Gasteiger partial charge in [-0.05, 0) is 6.07 Å². The Labute approximate surface area is 103 Å². The number of nitrogens with zero attached hydrogens (tertiary/aromatic N) is 2. The van der Waals surface area contributed by atoms with Crippen molar-refractivity contribution in [3.63, 3.8) is 0 Å². The number of aryl methyl sites for hydroxylation is 1. The third-order valence-electron chi connectivity index (χ3n) is 2.82. The molecule has 0 aliphatic rings. The van der Waals surface area contributed by atoms with Gasteiger partial charge in [-0.1, -0.05) is 12.1 Å². The van der Waals surface area contributed by atoms with Crippen molar-refractivity contribution in [2.75, 3.05) is 7.05 Å². The first kappa shape index (κ1) is 12.1. The van der Waals surface area contributed by atoms with E-state index in [1.807, 2.05) is 12.1 Å². The van der Waals surface area contributed by atoms with Crippen molar-refractivity contribution >= 4 is 22.5 Å². The number of hydrogen-bond acceptors (Lipinski definition) is 3. The average molecular weight is 247 g/mol. The van der Waals surface area contributed by atoms with Crippen LogP contribution in [0.15, 0.2) is 30.5 Å². The molecule has 0 saturated heterocycles. The minimum absolute atomic E-state index is 0.0643. The summed E-state index contributed by atoms with van der Waals surface area (Å²) in [6, 6.07) is 6.76. The number of fused-ring (bicyclic) bond motifs is 1. The summed E-state index contributed by atoms with van der Waals surface area (Å²) in [6.07, 6.45) is 2.06. The van der Waals surface area contributed by atoms with E-state index in [0.717, 1.165) is 5.39 Å². The van der Waals surface area contributed by atoms with Crippen molar-refractivity contribution in [3.05, 3.63) is 40.6 Å². The van der Waals surface area contributed by atoms with Crippen molar-refractivity contribution in [2.45, 2.75) is 13.0 Å². The Hall–Kier alpha value is -2.37. The highest BCUT2D eigenvalue weighted by Gasteiger charge is 2.15. The molecule has 0 atom stereocenters. The molecule has 2 rings (SSSR count). The number of benzene rings is 1. The second-order valence-electron chi connectivity index (χ2n) is 3.90. The van der Waals surface area contributed by atoms with Gasteiger partial charge in [-0.15, -0.1) is 0 Å². The van der Waals surface area contributed by atoms with Gasteiger partial charge in [0.25, 0.3) is 5.69 Å². The number of carbonyl (C=O) groups excluding carboxylic acids is 1. The van der Waals surface area contributed by atoms with E-state index in [0.29, 0.717) is 18.5 Å². The highest BCUT2D eigenvalue weighted by Crippen LogP contribution is 2.26. The highest BCUT2D eigenvalue weighted by molar-refractivity contribution is 5.88. The molecule has 0 fully saturated rings. The lowest BCUT2D eigenvalue weighted by atomic mass is 10.2. The summed E-state index contributed by atoms with van der Waals surface area (Å²) in [5, 5.41) is 14.3. The van der Waals surface area contributed by atoms with Crippen molar-refractivity contribution in [2.24, 2.45) is 0 Å². The van der Waals surface area contributed by atoms with Crippen LogP contribution in [0.2, 0.25) is 0 Å². The smallest absolute Gasteiger partial charge is 0.293 e. The van der Waals surface area contributed by atoms with Gasteiger partial charge in [0.1, 0.15) is 5.52 Å². The van der Waals surface area contributed by atoms with Crippen LogP contribution in [0.5, 0.6) is 0 Å². The van der Waals surface area contributed by atoms with Crippen LogP contribution in [0.4, 0.5) is 5.69 Å². The van der Waals surface area contributed by atoms with Crippen LogP contribution in [0.1, 0.15) is 6.42 Å². The van der Waals surface area contributed by atoms with E-state index in [4.69, 9.17) is 0 Å². The molecule has 0 radical (unpaired) electrons. The molecule has 18 heavy (non-hydrogen) atoms. The predicted octanol–water partition coefficient (Wildman–Crippen LogP) is 1.69. The largest absolute Gasteiger partial charge is 0.359 e. The van der Waals surface area contributed by atoms with Crippen LogP contribution in [0, 0.1) is 10.1 Å². The third kappa shape index (κ3) is 2.17. The Balaban J connectivity index is 2.39. The lowest BCUT2D eigenvalue weighted by Gasteiger charge is -2.05. The summed E-state index contributed by atoms with van der Waals surface area (Å²) in [4.78, 5) is 21.8. The van der Waals surface area contributed by atoms with Gasteiger partial charge in [-0.3, -0.25) is 14.9 Å².